The average Bonchev–Trinajstić information content (AvgIpc) is 2.81. The van der Waals surface area contributed by atoms with Gasteiger partial charge in [0.2, 0.25) is 5.91 Å². The summed E-state index contributed by atoms with van der Waals surface area (Å²) in [5, 5.41) is 28.0. The van der Waals surface area contributed by atoms with Crippen LogP contribution in [-0.4, -0.2) is 66.0 Å². The van der Waals surface area contributed by atoms with Crippen LogP contribution in [0.25, 0.3) is 0 Å². The van der Waals surface area contributed by atoms with E-state index in [2.05, 4.69) is 15.5 Å². The summed E-state index contributed by atoms with van der Waals surface area (Å²) in [4.78, 5) is 50.1. The number of hydrogen-bond acceptors (Lipinski definition) is 9. The molecule has 2 amide bonds. The van der Waals surface area contributed by atoms with Crippen molar-refractivity contribution in [3.63, 3.8) is 0 Å². The summed E-state index contributed by atoms with van der Waals surface area (Å²) in [6.07, 6.45) is 0. The fourth-order valence-electron chi connectivity index (χ4n) is 3.60. The van der Waals surface area contributed by atoms with E-state index in [-0.39, 0.29) is 22.8 Å². The van der Waals surface area contributed by atoms with E-state index in [0.29, 0.717) is 21.9 Å². The maximum absolute atomic E-state index is 12.9. The number of aromatic amines is 1. The lowest BCUT2D eigenvalue weighted by Crippen LogP contribution is -2.72. The lowest BCUT2D eigenvalue weighted by Gasteiger charge is -2.50. The van der Waals surface area contributed by atoms with E-state index >= 15 is 0 Å². The quantitative estimate of drug-likeness (QED) is 0.258. The largest absolute Gasteiger partial charge is 0.508 e. The third-order valence-corrected chi connectivity index (χ3v) is 7.88. The first kappa shape index (κ1) is 23.9. The molecular weight excluding hydrogens is 482 g/mol. The van der Waals surface area contributed by atoms with E-state index in [1.165, 1.54) is 71.7 Å². The predicted octanol–water partition coefficient (Wildman–Crippen LogP) is 0.180. The van der Waals surface area contributed by atoms with Gasteiger partial charge in [-0.2, -0.15) is 5.10 Å². The summed E-state index contributed by atoms with van der Waals surface area (Å²) in [5.74, 6) is -1.72. The number of fused-ring (bicyclic) bond motifs is 1. The third kappa shape index (κ3) is 4.41. The summed E-state index contributed by atoms with van der Waals surface area (Å²) in [7, 11) is 0. The van der Waals surface area contributed by atoms with Gasteiger partial charge in [0.05, 0.1) is 0 Å². The molecule has 1 aromatic carbocycles. The standard InChI is InChI=1S/C21H21N5O6S2/c1-21(22,11-2-4-12(27)5-3-11)20(32)23-15-17(29)26-16(19(30)31)10(9-34-18(15)26)8-33-14-7-6-13(28)24-25-14/h2-7,15,18,27H,8-9,22H2,1H3,(H,23,32)(H,24,28)(H,30,31)/t15?,18-,21?/m1/s1. The number of aromatic hydroxyl groups is 1. The van der Waals surface area contributed by atoms with E-state index in [1.54, 1.807) is 0 Å². The van der Waals surface area contributed by atoms with Crippen molar-refractivity contribution in [2.75, 3.05) is 11.5 Å². The highest BCUT2D eigenvalue weighted by Gasteiger charge is 2.55. The molecule has 3 atom stereocenters. The van der Waals surface area contributed by atoms with E-state index < -0.39 is 34.7 Å². The number of nitrogens with zero attached hydrogens (tertiary/aromatic N) is 2. The first-order valence-corrected chi connectivity index (χ1v) is 12.1. The Morgan fingerprint density at radius 3 is 2.62 bits per heavy atom. The number of H-pyrrole nitrogens is 1. The molecule has 1 aromatic heterocycles. The first-order valence-electron chi connectivity index (χ1n) is 10.1. The number of carboxylic acid groups (broad SMARTS) is 1. The number of thioether (sulfide) groups is 2. The normalized spacial score (nSPS) is 21.4. The summed E-state index contributed by atoms with van der Waals surface area (Å²) in [5.41, 5.74) is 5.28. The number of benzene rings is 1. The second-order valence-electron chi connectivity index (χ2n) is 7.92. The monoisotopic (exact) mass is 503 g/mol. The smallest absolute Gasteiger partial charge is 0.352 e. The highest BCUT2D eigenvalue weighted by molar-refractivity contribution is 8.01. The van der Waals surface area contributed by atoms with Crippen molar-refractivity contribution in [3.8, 4) is 5.75 Å². The SMILES string of the molecule is CC(N)(C(=O)NC1C(=O)N2C(C(=O)O)=C(CSc3ccc(=O)[nH]n3)CS[C@H]12)c1ccc(O)cc1. The molecule has 0 bridgehead atoms. The molecular formula is C21H21N5O6S2. The number of aromatic nitrogens is 2. The van der Waals surface area contributed by atoms with Gasteiger partial charge in [0.15, 0.2) is 0 Å². The van der Waals surface area contributed by atoms with Crippen molar-refractivity contribution >= 4 is 41.3 Å². The van der Waals surface area contributed by atoms with Crippen LogP contribution in [0.4, 0.5) is 0 Å². The van der Waals surface area contributed by atoms with Crippen LogP contribution in [0.15, 0.2) is 57.5 Å². The molecule has 2 aliphatic rings. The predicted molar refractivity (Wildman–Crippen MR) is 125 cm³/mol. The zero-order valence-electron chi connectivity index (χ0n) is 17.8. The van der Waals surface area contributed by atoms with E-state index in [4.69, 9.17) is 5.73 Å². The third-order valence-electron chi connectivity index (χ3n) is 5.52. The van der Waals surface area contributed by atoms with Crippen LogP contribution in [0.1, 0.15) is 12.5 Å². The molecule has 178 valence electrons. The van der Waals surface area contributed by atoms with Gasteiger partial charge in [-0.1, -0.05) is 12.1 Å². The van der Waals surface area contributed by atoms with Gasteiger partial charge >= 0.3 is 5.97 Å². The Bertz CT molecular complexity index is 1220. The minimum absolute atomic E-state index is 0.0293. The number of carboxylic acids is 1. The molecule has 4 rings (SSSR count). The molecule has 0 saturated carbocycles. The molecule has 0 spiro atoms. The van der Waals surface area contributed by atoms with Crippen molar-refractivity contribution in [3.05, 3.63) is 63.6 Å². The number of hydrogen-bond donors (Lipinski definition) is 5. The topological polar surface area (TPSA) is 179 Å². The van der Waals surface area contributed by atoms with Crippen molar-refractivity contribution in [2.45, 2.75) is 28.9 Å². The molecule has 13 heteroatoms. The average molecular weight is 504 g/mol. The number of amides is 2. The minimum atomic E-state index is -1.47. The van der Waals surface area contributed by atoms with Crippen molar-refractivity contribution < 1.29 is 24.6 Å². The molecule has 34 heavy (non-hydrogen) atoms. The number of phenols is 1. The van der Waals surface area contributed by atoms with E-state index in [1.807, 2.05) is 0 Å². The van der Waals surface area contributed by atoms with Crippen LogP contribution < -0.4 is 16.6 Å². The Morgan fingerprint density at radius 2 is 2.00 bits per heavy atom. The lowest BCUT2D eigenvalue weighted by molar-refractivity contribution is -0.151. The molecule has 3 heterocycles. The highest BCUT2D eigenvalue weighted by Crippen LogP contribution is 2.41. The molecule has 2 aliphatic heterocycles. The van der Waals surface area contributed by atoms with Crippen LogP contribution in [0.5, 0.6) is 5.75 Å². The maximum atomic E-state index is 12.9. The van der Waals surface area contributed by atoms with Crippen molar-refractivity contribution in [1.29, 1.82) is 0 Å². The highest BCUT2D eigenvalue weighted by atomic mass is 32.2. The van der Waals surface area contributed by atoms with Crippen LogP contribution in [0.2, 0.25) is 0 Å². The maximum Gasteiger partial charge on any atom is 0.352 e. The van der Waals surface area contributed by atoms with Gasteiger partial charge in [-0.05, 0) is 36.3 Å². The molecule has 1 fully saturated rings. The van der Waals surface area contributed by atoms with E-state index in [0.717, 1.165) is 0 Å². The van der Waals surface area contributed by atoms with Crippen molar-refractivity contribution in [1.82, 2.24) is 20.4 Å². The number of carbonyl (C=O) groups excluding carboxylic acids is 2. The first-order chi connectivity index (χ1) is 16.1. The Hall–Kier alpha value is -3.29. The van der Waals surface area contributed by atoms with Gasteiger partial charge < -0.3 is 21.3 Å². The number of nitrogens with two attached hydrogens (primary N) is 1. The van der Waals surface area contributed by atoms with Crippen LogP contribution in [-0.2, 0) is 19.9 Å². The fourth-order valence-corrected chi connectivity index (χ4v) is 5.91. The molecule has 2 aromatic rings. The number of nitrogens with one attached hydrogen (secondary N) is 2. The van der Waals surface area contributed by atoms with Gasteiger partial charge in [0.25, 0.3) is 11.5 Å². The Balaban J connectivity index is 1.48. The zero-order chi connectivity index (χ0) is 24.6. The van der Waals surface area contributed by atoms with Gasteiger partial charge in [-0.25, -0.2) is 9.89 Å². The molecule has 0 radical (unpaired) electrons. The second kappa shape index (κ2) is 9.16. The fraction of sp³-hybridized carbons (Fsp3) is 0.286. The molecule has 6 N–H and O–H groups in total. The van der Waals surface area contributed by atoms with Gasteiger partial charge in [-0.3, -0.25) is 19.3 Å². The number of aliphatic carboxylic acids is 1. The number of β-lactam (4-membered cyclic amide) rings is 1. The number of rotatable bonds is 7. The Labute approximate surface area is 201 Å². The van der Waals surface area contributed by atoms with Crippen LogP contribution in [0, 0.1) is 0 Å². The molecule has 0 aliphatic carbocycles. The molecule has 2 unspecified atom stereocenters. The van der Waals surface area contributed by atoms with Crippen LogP contribution >= 0.6 is 23.5 Å². The summed E-state index contributed by atoms with van der Waals surface area (Å²) < 4.78 is 0. The minimum Gasteiger partial charge on any atom is -0.508 e. The summed E-state index contributed by atoms with van der Waals surface area (Å²) in [6, 6.07) is 7.80. The number of phenolic OH excluding ortho intramolecular Hbond substituents is 1. The van der Waals surface area contributed by atoms with Gasteiger partial charge in [-0.15, -0.1) is 23.5 Å². The zero-order valence-corrected chi connectivity index (χ0v) is 19.5. The Kier molecular flexibility index (Phi) is 6.43. The number of carbonyl (C=O) groups is 3. The van der Waals surface area contributed by atoms with Crippen molar-refractivity contribution in [2.24, 2.45) is 5.73 Å². The Morgan fingerprint density at radius 1 is 1.29 bits per heavy atom. The van der Waals surface area contributed by atoms with Crippen LogP contribution in [0.3, 0.4) is 0 Å². The van der Waals surface area contributed by atoms with Gasteiger partial charge in [0, 0.05) is 17.6 Å². The molecule has 11 nitrogen and oxygen atoms in total. The van der Waals surface area contributed by atoms with E-state index in [9.17, 15) is 29.4 Å². The second-order valence-corrected chi connectivity index (χ2v) is 10.0. The summed E-state index contributed by atoms with van der Waals surface area (Å²) >= 11 is 2.59. The summed E-state index contributed by atoms with van der Waals surface area (Å²) in [6.45, 7) is 1.49. The molecule has 1 saturated heterocycles. The van der Waals surface area contributed by atoms with Gasteiger partial charge in [0.1, 0.15) is 33.4 Å². The lowest BCUT2D eigenvalue weighted by atomic mass is 9.91.